The molecule has 0 fully saturated rings. The van der Waals surface area contributed by atoms with Crippen molar-refractivity contribution in [1.29, 1.82) is 0 Å². The fourth-order valence-electron chi connectivity index (χ4n) is 2.07. The van der Waals surface area contributed by atoms with Crippen molar-refractivity contribution in [3.63, 3.8) is 0 Å². The summed E-state index contributed by atoms with van der Waals surface area (Å²) in [6, 6.07) is 11.4. The van der Waals surface area contributed by atoms with Crippen molar-refractivity contribution >= 4 is 17.3 Å². The molecule has 0 aliphatic rings. The summed E-state index contributed by atoms with van der Waals surface area (Å²) in [7, 11) is 0. The van der Waals surface area contributed by atoms with E-state index in [-0.39, 0.29) is 17.4 Å². The van der Waals surface area contributed by atoms with Crippen molar-refractivity contribution in [3.8, 4) is 5.75 Å². The summed E-state index contributed by atoms with van der Waals surface area (Å²) in [5.41, 5.74) is 1.24. The molecule has 0 bridgehead atoms. The lowest BCUT2D eigenvalue weighted by Gasteiger charge is -2.11. The van der Waals surface area contributed by atoms with Crippen LogP contribution < -0.4 is 10.1 Å². The normalized spacial score (nSPS) is 10.4. The number of amides is 1. The van der Waals surface area contributed by atoms with E-state index >= 15 is 0 Å². The average molecular weight is 314 g/mol. The Kier molecular flexibility index (Phi) is 4.95. The Morgan fingerprint density at radius 3 is 2.61 bits per heavy atom. The summed E-state index contributed by atoms with van der Waals surface area (Å²) in [5.74, 6) is 0.238. The van der Waals surface area contributed by atoms with Crippen LogP contribution in [-0.2, 0) is 0 Å². The molecule has 6 nitrogen and oxygen atoms in total. The number of nitro benzene ring substituents is 1. The molecule has 6 heteroatoms. The molecule has 0 aromatic heterocycles. The summed E-state index contributed by atoms with van der Waals surface area (Å²) in [4.78, 5) is 22.7. The van der Waals surface area contributed by atoms with E-state index in [1.54, 1.807) is 43.3 Å². The Bertz CT molecular complexity index is 741. The Hall–Kier alpha value is -2.89. The van der Waals surface area contributed by atoms with E-state index in [1.165, 1.54) is 6.07 Å². The fraction of sp³-hybridized carbons (Fsp3) is 0.235. The van der Waals surface area contributed by atoms with E-state index < -0.39 is 10.8 Å². The van der Waals surface area contributed by atoms with Crippen LogP contribution in [0.3, 0.4) is 0 Å². The molecule has 1 N–H and O–H groups in total. The zero-order valence-corrected chi connectivity index (χ0v) is 13.2. The van der Waals surface area contributed by atoms with Gasteiger partial charge in [-0.3, -0.25) is 14.9 Å². The van der Waals surface area contributed by atoms with Gasteiger partial charge in [-0.1, -0.05) is 12.1 Å². The van der Waals surface area contributed by atoms with E-state index in [1.807, 2.05) is 13.8 Å². The second-order valence-corrected chi connectivity index (χ2v) is 5.41. The van der Waals surface area contributed by atoms with E-state index in [0.29, 0.717) is 17.0 Å². The zero-order chi connectivity index (χ0) is 17.0. The zero-order valence-electron chi connectivity index (χ0n) is 13.2. The third-order valence-corrected chi connectivity index (χ3v) is 3.13. The van der Waals surface area contributed by atoms with Gasteiger partial charge in [-0.05, 0) is 39.0 Å². The van der Waals surface area contributed by atoms with Gasteiger partial charge in [0.1, 0.15) is 5.75 Å². The molecule has 0 radical (unpaired) electrons. The van der Waals surface area contributed by atoms with Crippen LogP contribution in [0.5, 0.6) is 5.75 Å². The number of nitrogens with one attached hydrogen (secondary N) is 1. The predicted octanol–water partition coefficient (Wildman–Crippen LogP) is 3.94. The van der Waals surface area contributed by atoms with Crippen molar-refractivity contribution < 1.29 is 14.5 Å². The van der Waals surface area contributed by atoms with Gasteiger partial charge in [0.2, 0.25) is 0 Å². The first kappa shape index (κ1) is 16.5. The molecule has 0 spiro atoms. The number of ether oxygens (including phenoxy) is 1. The van der Waals surface area contributed by atoms with E-state index in [0.717, 1.165) is 0 Å². The van der Waals surface area contributed by atoms with Crippen molar-refractivity contribution in [2.75, 3.05) is 5.32 Å². The molecule has 2 aromatic rings. The van der Waals surface area contributed by atoms with Gasteiger partial charge in [0, 0.05) is 28.9 Å². The van der Waals surface area contributed by atoms with Crippen molar-refractivity contribution in [3.05, 3.63) is 63.7 Å². The van der Waals surface area contributed by atoms with Crippen LogP contribution in [0.15, 0.2) is 42.5 Å². The number of nitro groups is 1. The summed E-state index contributed by atoms with van der Waals surface area (Å²) in [5, 5.41) is 13.7. The van der Waals surface area contributed by atoms with E-state index in [9.17, 15) is 14.9 Å². The lowest BCUT2D eigenvalue weighted by molar-refractivity contribution is -0.385. The maximum Gasteiger partial charge on any atom is 0.273 e. The molecule has 1 amide bonds. The minimum absolute atomic E-state index is 0.0284. The van der Waals surface area contributed by atoms with Crippen molar-refractivity contribution in [2.45, 2.75) is 26.9 Å². The summed E-state index contributed by atoms with van der Waals surface area (Å²) in [6.45, 7) is 5.46. The van der Waals surface area contributed by atoms with Gasteiger partial charge in [-0.15, -0.1) is 0 Å². The largest absolute Gasteiger partial charge is 0.491 e. The molecule has 0 saturated carbocycles. The molecule has 120 valence electrons. The van der Waals surface area contributed by atoms with Crippen molar-refractivity contribution in [2.24, 2.45) is 0 Å². The van der Waals surface area contributed by atoms with Crippen molar-refractivity contribution in [1.82, 2.24) is 0 Å². The second kappa shape index (κ2) is 6.91. The number of nitrogens with zero attached hydrogens (tertiary/aromatic N) is 1. The van der Waals surface area contributed by atoms with Gasteiger partial charge >= 0.3 is 0 Å². The van der Waals surface area contributed by atoms with Gasteiger partial charge in [0.25, 0.3) is 11.6 Å². The Labute approximate surface area is 134 Å². The maximum absolute atomic E-state index is 12.3. The summed E-state index contributed by atoms with van der Waals surface area (Å²) >= 11 is 0. The predicted molar refractivity (Wildman–Crippen MR) is 88.0 cm³/mol. The third-order valence-electron chi connectivity index (χ3n) is 3.13. The van der Waals surface area contributed by atoms with Crippen LogP contribution in [0.25, 0.3) is 0 Å². The number of hydrogen-bond acceptors (Lipinski definition) is 4. The minimum Gasteiger partial charge on any atom is -0.491 e. The Morgan fingerprint density at radius 2 is 1.96 bits per heavy atom. The van der Waals surface area contributed by atoms with Crippen LogP contribution in [-0.4, -0.2) is 16.9 Å². The number of benzene rings is 2. The molecule has 2 rings (SSSR count). The first-order chi connectivity index (χ1) is 10.9. The lowest BCUT2D eigenvalue weighted by atomic mass is 10.1. The molecule has 2 aromatic carbocycles. The molecule has 0 aliphatic carbocycles. The molecule has 0 heterocycles. The summed E-state index contributed by atoms with van der Waals surface area (Å²) < 4.78 is 5.57. The third kappa shape index (κ3) is 4.29. The highest BCUT2D eigenvalue weighted by atomic mass is 16.6. The smallest absolute Gasteiger partial charge is 0.273 e. The van der Waals surface area contributed by atoms with Gasteiger partial charge < -0.3 is 10.1 Å². The van der Waals surface area contributed by atoms with E-state index in [4.69, 9.17) is 4.74 Å². The molecule has 0 saturated heterocycles. The second-order valence-electron chi connectivity index (χ2n) is 5.41. The number of carbonyl (C=O) groups is 1. The number of anilines is 1. The van der Waals surface area contributed by atoms with Crippen LogP contribution in [0.4, 0.5) is 11.4 Å². The monoisotopic (exact) mass is 314 g/mol. The molecule has 0 unspecified atom stereocenters. The molecular formula is C17H18N2O4. The molecule has 0 atom stereocenters. The summed E-state index contributed by atoms with van der Waals surface area (Å²) in [6.07, 6.45) is 0.0284. The van der Waals surface area contributed by atoms with Gasteiger partial charge in [0.15, 0.2) is 0 Å². The highest BCUT2D eigenvalue weighted by Gasteiger charge is 2.15. The minimum atomic E-state index is -0.497. The molecule has 23 heavy (non-hydrogen) atoms. The Balaban J connectivity index is 2.19. The van der Waals surface area contributed by atoms with Crippen LogP contribution >= 0.6 is 0 Å². The van der Waals surface area contributed by atoms with Gasteiger partial charge in [0.05, 0.1) is 11.0 Å². The SMILES string of the molecule is Cc1ccc(C(=O)Nc2cccc(OC(C)C)c2)cc1[N+](=O)[O-]. The number of aryl methyl sites for hydroxylation is 1. The standard InChI is InChI=1S/C17H18N2O4/c1-11(2)23-15-6-4-5-14(10-15)18-17(20)13-8-7-12(3)16(9-13)19(21)22/h4-11H,1-3H3,(H,18,20). The number of carbonyl (C=O) groups excluding carboxylic acids is 1. The first-order valence-electron chi connectivity index (χ1n) is 7.20. The highest BCUT2D eigenvalue weighted by Crippen LogP contribution is 2.22. The quantitative estimate of drug-likeness (QED) is 0.669. The topological polar surface area (TPSA) is 81.5 Å². The number of hydrogen-bond donors (Lipinski definition) is 1. The van der Waals surface area contributed by atoms with Gasteiger partial charge in [-0.2, -0.15) is 0 Å². The van der Waals surface area contributed by atoms with Crippen LogP contribution in [0.1, 0.15) is 29.8 Å². The van der Waals surface area contributed by atoms with Gasteiger partial charge in [-0.25, -0.2) is 0 Å². The molecule has 0 aliphatic heterocycles. The fourth-order valence-corrected chi connectivity index (χ4v) is 2.07. The molecular weight excluding hydrogens is 296 g/mol. The van der Waals surface area contributed by atoms with Crippen LogP contribution in [0.2, 0.25) is 0 Å². The Morgan fingerprint density at radius 1 is 1.22 bits per heavy atom. The van der Waals surface area contributed by atoms with Crippen LogP contribution in [0, 0.1) is 17.0 Å². The number of rotatable bonds is 5. The first-order valence-corrected chi connectivity index (χ1v) is 7.20. The van der Waals surface area contributed by atoms with E-state index in [2.05, 4.69) is 5.32 Å². The average Bonchev–Trinajstić information content (AvgIpc) is 2.46. The maximum atomic E-state index is 12.3. The highest BCUT2D eigenvalue weighted by molar-refractivity contribution is 6.04. The lowest BCUT2D eigenvalue weighted by Crippen LogP contribution is -2.13.